The van der Waals surface area contributed by atoms with Crippen molar-refractivity contribution >= 4 is 11.9 Å². The van der Waals surface area contributed by atoms with Gasteiger partial charge in [-0.2, -0.15) is 0 Å². The largest absolute Gasteiger partial charge is 0.463 e. The van der Waals surface area contributed by atoms with Crippen LogP contribution in [0, 0.1) is 11.8 Å². The van der Waals surface area contributed by atoms with Gasteiger partial charge in [-0.3, -0.25) is 9.59 Å². The fraction of sp³-hybridized carbons (Fsp3) is 0.889. The quantitative estimate of drug-likeness (QED) is 0.746. The highest BCUT2D eigenvalue weighted by atomic mass is 16.6. The van der Waals surface area contributed by atoms with Crippen LogP contribution in [0.5, 0.6) is 0 Å². The lowest BCUT2D eigenvalue weighted by molar-refractivity contribution is -0.153. The maximum atomic E-state index is 12.3. The van der Waals surface area contributed by atoms with Gasteiger partial charge in [-0.1, -0.05) is 6.92 Å². The lowest BCUT2D eigenvalue weighted by Gasteiger charge is -2.33. The van der Waals surface area contributed by atoms with Gasteiger partial charge in [-0.15, -0.1) is 0 Å². The molecule has 2 atom stereocenters. The highest BCUT2D eigenvalue weighted by molar-refractivity contribution is 5.87. The van der Waals surface area contributed by atoms with Crippen LogP contribution >= 0.6 is 0 Å². The summed E-state index contributed by atoms with van der Waals surface area (Å²) in [7, 11) is 0. The van der Waals surface area contributed by atoms with Crippen molar-refractivity contribution in [3.63, 3.8) is 0 Å². The molecule has 23 heavy (non-hydrogen) atoms. The van der Waals surface area contributed by atoms with Crippen LogP contribution in [0.4, 0.5) is 0 Å². The monoisotopic (exact) mass is 323 g/mol. The second-order valence-electron chi connectivity index (χ2n) is 7.48. The van der Waals surface area contributed by atoms with Gasteiger partial charge in [0.25, 0.3) is 0 Å². The summed E-state index contributed by atoms with van der Waals surface area (Å²) in [6, 6.07) is 0.332. The van der Waals surface area contributed by atoms with Crippen molar-refractivity contribution in [2.75, 3.05) is 19.8 Å². The number of nitrogens with zero attached hydrogens (tertiary/aromatic N) is 1. The zero-order valence-electron chi connectivity index (χ0n) is 14.2. The van der Waals surface area contributed by atoms with Crippen LogP contribution in [0.1, 0.15) is 58.3 Å². The van der Waals surface area contributed by atoms with E-state index in [2.05, 4.69) is 6.92 Å². The molecule has 1 aliphatic carbocycles. The van der Waals surface area contributed by atoms with Crippen LogP contribution in [-0.2, 0) is 19.1 Å². The first kappa shape index (κ1) is 16.7. The molecule has 5 nitrogen and oxygen atoms in total. The summed E-state index contributed by atoms with van der Waals surface area (Å²) in [6.07, 6.45) is 8.06. The van der Waals surface area contributed by atoms with Crippen LogP contribution in [-0.4, -0.2) is 48.7 Å². The minimum absolute atomic E-state index is 0.0424. The zero-order valence-corrected chi connectivity index (χ0v) is 14.2. The molecule has 0 aromatic heterocycles. The van der Waals surface area contributed by atoms with Gasteiger partial charge < -0.3 is 14.4 Å². The van der Waals surface area contributed by atoms with Crippen LogP contribution in [0.2, 0.25) is 0 Å². The van der Waals surface area contributed by atoms with E-state index in [1.165, 1.54) is 12.8 Å². The molecule has 0 aromatic rings. The van der Waals surface area contributed by atoms with Gasteiger partial charge >= 0.3 is 5.97 Å². The van der Waals surface area contributed by atoms with E-state index >= 15 is 0 Å². The summed E-state index contributed by atoms with van der Waals surface area (Å²) >= 11 is 0. The van der Waals surface area contributed by atoms with Crippen molar-refractivity contribution in [1.82, 2.24) is 4.90 Å². The van der Waals surface area contributed by atoms with Crippen LogP contribution in [0.15, 0.2) is 0 Å². The molecule has 3 fully saturated rings. The molecule has 0 N–H and O–H groups in total. The molecule has 1 saturated carbocycles. The van der Waals surface area contributed by atoms with Crippen molar-refractivity contribution in [3.8, 4) is 0 Å². The van der Waals surface area contributed by atoms with Crippen molar-refractivity contribution in [1.29, 1.82) is 0 Å². The Balaban J connectivity index is 1.45. The molecule has 0 bridgehead atoms. The Kier molecular flexibility index (Phi) is 5.57. The molecule has 3 aliphatic rings. The highest BCUT2D eigenvalue weighted by Crippen LogP contribution is 2.31. The molecule has 130 valence electrons. The molecule has 0 aromatic carbocycles. The van der Waals surface area contributed by atoms with E-state index < -0.39 is 0 Å². The van der Waals surface area contributed by atoms with E-state index in [-0.39, 0.29) is 23.9 Å². The third-order valence-electron chi connectivity index (χ3n) is 5.60. The van der Waals surface area contributed by atoms with Gasteiger partial charge in [0.15, 0.2) is 0 Å². The molecule has 0 spiro atoms. The summed E-state index contributed by atoms with van der Waals surface area (Å²) in [5.41, 5.74) is 0. The Morgan fingerprint density at radius 2 is 2.00 bits per heavy atom. The first-order valence-electron chi connectivity index (χ1n) is 9.21. The van der Waals surface area contributed by atoms with E-state index in [4.69, 9.17) is 9.47 Å². The third-order valence-corrected chi connectivity index (χ3v) is 5.60. The summed E-state index contributed by atoms with van der Waals surface area (Å²) < 4.78 is 11.0. The Morgan fingerprint density at radius 3 is 2.70 bits per heavy atom. The Labute approximate surface area is 138 Å². The van der Waals surface area contributed by atoms with Gasteiger partial charge in [0.1, 0.15) is 6.61 Å². The van der Waals surface area contributed by atoms with Gasteiger partial charge in [0, 0.05) is 25.6 Å². The summed E-state index contributed by atoms with van der Waals surface area (Å²) in [4.78, 5) is 26.5. The number of hydrogen-bond donors (Lipinski definition) is 0. The number of amides is 1. The van der Waals surface area contributed by atoms with Crippen LogP contribution in [0.25, 0.3) is 0 Å². The second kappa shape index (κ2) is 7.65. The first-order valence-corrected chi connectivity index (χ1v) is 9.21. The number of ether oxygens (including phenoxy) is 2. The second-order valence-corrected chi connectivity index (χ2v) is 7.48. The van der Waals surface area contributed by atoms with Crippen molar-refractivity contribution in [2.45, 2.75) is 70.4 Å². The molecule has 3 rings (SSSR count). The normalized spacial score (nSPS) is 35.3. The SMILES string of the molecule is CC1CCC(N2C[C@H](C(=O)OC[C@@H]3CCCCO3)CC2=O)CC1. The van der Waals surface area contributed by atoms with E-state index in [1.54, 1.807) is 0 Å². The Bertz CT molecular complexity index is 425. The van der Waals surface area contributed by atoms with Gasteiger partial charge in [0.05, 0.1) is 12.0 Å². The predicted molar refractivity (Wildman–Crippen MR) is 85.8 cm³/mol. The maximum absolute atomic E-state index is 12.3. The Hall–Kier alpha value is -1.10. The predicted octanol–water partition coefficient (Wildman–Crippen LogP) is 2.53. The first-order chi connectivity index (χ1) is 11.1. The standard InChI is InChI=1S/C18H29NO4/c1-13-5-7-15(8-6-13)19-11-14(10-17(19)20)18(21)23-12-16-4-2-3-9-22-16/h13-16H,2-12H2,1H3/t13?,14-,15?,16+/m1/s1. The lowest BCUT2D eigenvalue weighted by Crippen LogP contribution is -2.39. The zero-order chi connectivity index (χ0) is 16.2. The molecule has 0 radical (unpaired) electrons. The topological polar surface area (TPSA) is 55.8 Å². The van der Waals surface area contributed by atoms with Crippen molar-refractivity contribution < 1.29 is 19.1 Å². The molecule has 0 unspecified atom stereocenters. The number of carbonyl (C=O) groups is 2. The van der Waals surface area contributed by atoms with Gasteiger partial charge in [0.2, 0.25) is 5.91 Å². The third kappa shape index (κ3) is 4.25. The number of likely N-dealkylation sites (tertiary alicyclic amines) is 1. The number of esters is 1. The molecule has 1 amide bonds. The average Bonchev–Trinajstić information content (AvgIpc) is 2.96. The van der Waals surface area contributed by atoms with E-state index in [0.29, 0.717) is 25.6 Å². The van der Waals surface area contributed by atoms with E-state index in [9.17, 15) is 9.59 Å². The summed E-state index contributed by atoms with van der Waals surface area (Å²) in [5.74, 6) is 0.380. The maximum Gasteiger partial charge on any atom is 0.311 e. The lowest BCUT2D eigenvalue weighted by atomic mass is 9.87. The van der Waals surface area contributed by atoms with Crippen LogP contribution < -0.4 is 0 Å². The van der Waals surface area contributed by atoms with Crippen LogP contribution in [0.3, 0.4) is 0 Å². The molecule has 5 heteroatoms. The molecule has 2 heterocycles. The van der Waals surface area contributed by atoms with Crippen molar-refractivity contribution in [3.05, 3.63) is 0 Å². The summed E-state index contributed by atoms with van der Waals surface area (Å²) in [6.45, 7) is 3.92. The van der Waals surface area contributed by atoms with Gasteiger partial charge in [-0.05, 0) is 50.9 Å². The van der Waals surface area contributed by atoms with Gasteiger partial charge in [-0.25, -0.2) is 0 Å². The number of carbonyl (C=O) groups excluding carboxylic acids is 2. The fourth-order valence-corrected chi connectivity index (χ4v) is 4.03. The Morgan fingerprint density at radius 1 is 1.22 bits per heavy atom. The molecular weight excluding hydrogens is 294 g/mol. The highest BCUT2D eigenvalue weighted by Gasteiger charge is 2.39. The molecule has 2 aliphatic heterocycles. The van der Waals surface area contributed by atoms with E-state index in [0.717, 1.165) is 44.6 Å². The smallest absolute Gasteiger partial charge is 0.311 e. The minimum Gasteiger partial charge on any atom is -0.463 e. The minimum atomic E-state index is -0.287. The van der Waals surface area contributed by atoms with E-state index in [1.807, 2.05) is 4.90 Å². The molecular formula is C18H29NO4. The molecule has 2 saturated heterocycles. The number of rotatable bonds is 4. The fourth-order valence-electron chi connectivity index (χ4n) is 4.03. The summed E-state index contributed by atoms with van der Waals surface area (Å²) in [5, 5.41) is 0. The van der Waals surface area contributed by atoms with Crippen molar-refractivity contribution in [2.24, 2.45) is 11.8 Å². The number of hydrogen-bond acceptors (Lipinski definition) is 4. The average molecular weight is 323 g/mol.